The quantitative estimate of drug-likeness (QED) is 0.587. The Morgan fingerprint density at radius 1 is 1.09 bits per heavy atom. The van der Waals surface area contributed by atoms with Gasteiger partial charge in [0.05, 0.1) is 12.2 Å². The zero-order chi connectivity index (χ0) is 22.2. The monoisotopic (exact) mass is 430 g/mol. The van der Waals surface area contributed by atoms with Crippen LogP contribution in [-0.4, -0.2) is 46.0 Å². The minimum Gasteiger partial charge on any atom is -0.490 e. The first kappa shape index (κ1) is 22.0. The molecule has 0 saturated carbocycles. The van der Waals surface area contributed by atoms with Crippen LogP contribution in [-0.2, 0) is 13.0 Å². The van der Waals surface area contributed by atoms with E-state index in [1.807, 2.05) is 60.9 Å². The fraction of sp³-hybridized carbons (Fsp3) is 0.346. The Morgan fingerprint density at radius 2 is 1.91 bits per heavy atom. The van der Waals surface area contributed by atoms with Crippen LogP contribution in [0, 0.1) is 0 Å². The van der Waals surface area contributed by atoms with Crippen LogP contribution in [0.25, 0.3) is 0 Å². The highest BCUT2D eigenvalue weighted by molar-refractivity contribution is 5.94. The van der Waals surface area contributed by atoms with Gasteiger partial charge in [-0.2, -0.15) is 0 Å². The van der Waals surface area contributed by atoms with Crippen molar-refractivity contribution in [2.24, 2.45) is 0 Å². The van der Waals surface area contributed by atoms with E-state index in [-0.39, 0.29) is 12.0 Å². The fourth-order valence-corrected chi connectivity index (χ4v) is 4.08. The Kier molecular flexibility index (Phi) is 7.46. The van der Waals surface area contributed by atoms with Gasteiger partial charge in [-0.15, -0.1) is 0 Å². The van der Waals surface area contributed by atoms with Crippen LogP contribution < -0.4 is 10.1 Å². The van der Waals surface area contributed by atoms with E-state index in [0.29, 0.717) is 18.2 Å². The normalized spacial score (nSPS) is 15.8. The number of nitrogens with one attached hydrogen (secondary N) is 1. The van der Waals surface area contributed by atoms with Crippen LogP contribution in [0.4, 0.5) is 0 Å². The summed E-state index contributed by atoms with van der Waals surface area (Å²) in [5.74, 6) is 0.700. The summed E-state index contributed by atoms with van der Waals surface area (Å²) >= 11 is 0. The summed E-state index contributed by atoms with van der Waals surface area (Å²) in [6.45, 7) is 4.75. The van der Waals surface area contributed by atoms with Gasteiger partial charge >= 0.3 is 0 Å². The van der Waals surface area contributed by atoms with Crippen molar-refractivity contribution < 1.29 is 9.53 Å². The third kappa shape index (κ3) is 6.14. The molecule has 3 aromatic rings. The summed E-state index contributed by atoms with van der Waals surface area (Å²) < 4.78 is 6.19. The van der Waals surface area contributed by atoms with Gasteiger partial charge in [0.15, 0.2) is 0 Å². The molecule has 6 nitrogen and oxygen atoms in total. The molecular formula is C26H30N4O2. The second-order valence-corrected chi connectivity index (χ2v) is 8.30. The van der Waals surface area contributed by atoms with Gasteiger partial charge in [-0.05, 0) is 74.2 Å². The molecule has 1 amide bonds. The van der Waals surface area contributed by atoms with Gasteiger partial charge in [0.1, 0.15) is 11.9 Å². The molecule has 1 atom stereocenters. The van der Waals surface area contributed by atoms with E-state index in [9.17, 15) is 4.79 Å². The number of nitrogens with zero attached hydrogens (tertiary/aromatic N) is 3. The van der Waals surface area contributed by atoms with Crippen molar-refractivity contribution in [2.45, 2.75) is 44.9 Å². The molecule has 1 aromatic carbocycles. The summed E-state index contributed by atoms with van der Waals surface area (Å²) in [4.78, 5) is 23.3. The Hall–Kier alpha value is -3.25. The second-order valence-electron chi connectivity index (χ2n) is 8.30. The molecule has 2 aromatic heterocycles. The molecule has 0 aliphatic carbocycles. The molecule has 6 heteroatoms. The van der Waals surface area contributed by atoms with E-state index < -0.39 is 0 Å². The van der Waals surface area contributed by atoms with Gasteiger partial charge in [-0.1, -0.05) is 12.1 Å². The summed E-state index contributed by atoms with van der Waals surface area (Å²) in [6, 6.07) is 17.7. The van der Waals surface area contributed by atoms with Crippen LogP contribution >= 0.6 is 0 Å². The lowest BCUT2D eigenvalue weighted by Crippen LogP contribution is -2.43. The van der Waals surface area contributed by atoms with Crippen LogP contribution in [0.15, 0.2) is 73.2 Å². The maximum atomic E-state index is 12.4. The number of ether oxygens (including phenoxy) is 1. The molecule has 1 N–H and O–H groups in total. The molecular weight excluding hydrogens is 400 g/mol. The number of carbonyl (C=O) groups is 1. The lowest BCUT2D eigenvalue weighted by atomic mass is 10.0. The third-order valence-corrected chi connectivity index (χ3v) is 5.93. The zero-order valence-electron chi connectivity index (χ0n) is 18.5. The van der Waals surface area contributed by atoms with Crippen LogP contribution in [0.5, 0.6) is 5.75 Å². The standard InChI is InChI=1S/C26H30N4O2/c1-20(17-21-5-4-13-27-18-21)30-15-11-25(12-16-30)32-24-9-7-22(8-10-24)26(31)29-19-23-6-2-3-14-28-23/h2-10,13-14,18,20,25H,11-12,15-17,19H2,1H3,(H,29,31). The topological polar surface area (TPSA) is 67.4 Å². The van der Waals surface area contributed by atoms with Crippen LogP contribution in [0.2, 0.25) is 0 Å². The predicted molar refractivity (Wildman–Crippen MR) is 124 cm³/mol. The van der Waals surface area contributed by atoms with E-state index >= 15 is 0 Å². The van der Waals surface area contributed by atoms with Gasteiger partial charge in [0.2, 0.25) is 0 Å². The van der Waals surface area contributed by atoms with E-state index in [1.54, 1.807) is 6.20 Å². The highest BCUT2D eigenvalue weighted by atomic mass is 16.5. The SMILES string of the molecule is CC(Cc1cccnc1)N1CCC(Oc2ccc(C(=O)NCc3ccccn3)cc2)CC1. The Morgan fingerprint density at radius 3 is 2.59 bits per heavy atom. The largest absolute Gasteiger partial charge is 0.490 e. The van der Waals surface area contributed by atoms with E-state index in [1.165, 1.54) is 5.56 Å². The summed E-state index contributed by atoms with van der Waals surface area (Å²) in [5, 5.41) is 2.90. The molecule has 166 valence electrons. The van der Waals surface area contributed by atoms with Gasteiger partial charge in [-0.25, -0.2) is 0 Å². The smallest absolute Gasteiger partial charge is 0.251 e. The highest BCUT2D eigenvalue weighted by Crippen LogP contribution is 2.21. The number of pyridine rings is 2. The predicted octanol–water partition coefficient (Wildman–Crippen LogP) is 3.88. The number of rotatable bonds is 8. The van der Waals surface area contributed by atoms with E-state index in [2.05, 4.69) is 33.2 Å². The number of benzene rings is 1. The molecule has 1 fully saturated rings. The van der Waals surface area contributed by atoms with Gasteiger partial charge in [0, 0.05) is 43.3 Å². The maximum Gasteiger partial charge on any atom is 0.251 e. The molecule has 0 radical (unpaired) electrons. The number of hydrogen-bond donors (Lipinski definition) is 1. The highest BCUT2D eigenvalue weighted by Gasteiger charge is 2.24. The van der Waals surface area contributed by atoms with E-state index in [0.717, 1.165) is 43.8 Å². The Labute approximate surface area is 189 Å². The van der Waals surface area contributed by atoms with Gasteiger partial charge in [0.25, 0.3) is 5.91 Å². The summed E-state index contributed by atoms with van der Waals surface area (Å²) in [5.41, 5.74) is 2.73. The van der Waals surface area contributed by atoms with Crippen LogP contribution in [0.3, 0.4) is 0 Å². The number of piperidine rings is 1. The summed E-state index contributed by atoms with van der Waals surface area (Å²) in [6.07, 6.45) is 8.73. The molecule has 1 aliphatic heterocycles. The zero-order valence-corrected chi connectivity index (χ0v) is 18.5. The molecule has 1 aliphatic rings. The van der Waals surface area contributed by atoms with Crippen LogP contribution in [0.1, 0.15) is 41.4 Å². The molecule has 1 unspecified atom stereocenters. The van der Waals surface area contributed by atoms with Crippen molar-refractivity contribution in [1.29, 1.82) is 0 Å². The van der Waals surface area contributed by atoms with Crippen molar-refractivity contribution in [3.63, 3.8) is 0 Å². The average molecular weight is 431 g/mol. The van der Waals surface area contributed by atoms with E-state index in [4.69, 9.17) is 4.74 Å². The molecule has 1 saturated heterocycles. The summed E-state index contributed by atoms with van der Waals surface area (Å²) in [7, 11) is 0. The molecule has 0 spiro atoms. The number of hydrogen-bond acceptors (Lipinski definition) is 5. The molecule has 4 rings (SSSR count). The first-order valence-corrected chi connectivity index (χ1v) is 11.2. The lowest BCUT2D eigenvalue weighted by molar-refractivity contribution is 0.0798. The van der Waals surface area contributed by atoms with Crippen molar-refractivity contribution in [2.75, 3.05) is 13.1 Å². The maximum absolute atomic E-state index is 12.4. The Bertz CT molecular complexity index is 972. The molecule has 3 heterocycles. The van der Waals surface area contributed by atoms with Crippen molar-refractivity contribution in [1.82, 2.24) is 20.2 Å². The van der Waals surface area contributed by atoms with Crippen molar-refractivity contribution in [3.8, 4) is 5.75 Å². The number of amides is 1. The van der Waals surface area contributed by atoms with Gasteiger partial charge < -0.3 is 15.0 Å². The Balaban J connectivity index is 1.21. The molecule has 0 bridgehead atoms. The third-order valence-electron chi connectivity index (χ3n) is 5.93. The first-order valence-electron chi connectivity index (χ1n) is 11.2. The second kappa shape index (κ2) is 10.9. The minimum absolute atomic E-state index is 0.113. The number of aromatic nitrogens is 2. The number of carbonyl (C=O) groups excluding carboxylic acids is 1. The first-order chi connectivity index (χ1) is 15.7. The van der Waals surface area contributed by atoms with Gasteiger partial charge in [-0.3, -0.25) is 14.8 Å². The number of likely N-dealkylation sites (tertiary alicyclic amines) is 1. The average Bonchev–Trinajstić information content (AvgIpc) is 2.85. The van der Waals surface area contributed by atoms with Crippen molar-refractivity contribution in [3.05, 3.63) is 90.0 Å². The lowest BCUT2D eigenvalue weighted by Gasteiger charge is -2.36. The minimum atomic E-state index is -0.113. The van der Waals surface area contributed by atoms with Crippen molar-refractivity contribution >= 4 is 5.91 Å². The molecule has 32 heavy (non-hydrogen) atoms. The fourth-order valence-electron chi connectivity index (χ4n) is 4.08.